The fraction of sp³-hybridized carbons (Fsp3) is 0.444. The summed E-state index contributed by atoms with van der Waals surface area (Å²) in [6.07, 6.45) is 0.163. The quantitative estimate of drug-likeness (QED) is 0.731. The van der Waals surface area contributed by atoms with Gasteiger partial charge in [0.2, 0.25) is 5.91 Å². The minimum atomic E-state index is -1.10. The third kappa shape index (κ3) is 4.04. The highest BCUT2D eigenvalue weighted by molar-refractivity contribution is 6.21. The molecule has 2 unspecified atom stereocenters. The normalized spacial score (nSPS) is 15.9. The van der Waals surface area contributed by atoms with Gasteiger partial charge in [0.05, 0.1) is 11.1 Å². The van der Waals surface area contributed by atoms with Crippen molar-refractivity contribution in [1.82, 2.24) is 10.2 Å². The maximum Gasteiger partial charge on any atom is 0.326 e. The maximum atomic E-state index is 12.4. The summed E-state index contributed by atoms with van der Waals surface area (Å²) in [6.45, 7) is 5.33. The number of nitrogens with one attached hydrogen (secondary N) is 1. The van der Waals surface area contributed by atoms with E-state index in [9.17, 15) is 24.3 Å². The predicted octanol–water partition coefficient (Wildman–Crippen LogP) is 1.68. The second-order valence-corrected chi connectivity index (χ2v) is 6.67. The van der Waals surface area contributed by atoms with Gasteiger partial charge in [0, 0.05) is 12.5 Å². The third-order valence-corrected chi connectivity index (χ3v) is 4.09. The van der Waals surface area contributed by atoms with Crippen LogP contribution in [-0.4, -0.2) is 45.8 Å². The first kappa shape index (κ1) is 18.6. The number of amides is 3. The number of carbonyl (C=O) groups excluding carboxylic acids is 3. The van der Waals surface area contributed by atoms with Gasteiger partial charge >= 0.3 is 5.97 Å². The van der Waals surface area contributed by atoms with Gasteiger partial charge in [0.1, 0.15) is 6.04 Å². The molecule has 2 rings (SSSR count). The molecule has 0 aromatic heterocycles. The van der Waals surface area contributed by atoms with Crippen LogP contribution in [0.2, 0.25) is 0 Å². The van der Waals surface area contributed by atoms with Crippen LogP contribution in [0.4, 0.5) is 0 Å². The zero-order valence-corrected chi connectivity index (χ0v) is 14.5. The molecule has 25 heavy (non-hydrogen) atoms. The monoisotopic (exact) mass is 346 g/mol. The molecule has 0 bridgehead atoms. The molecule has 1 aromatic rings. The van der Waals surface area contributed by atoms with Gasteiger partial charge in [0.25, 0.3) is 11.8 Å². The molecule has 0 saturated carbocycles. The van der Waals surface area contributed by atoms with Crippen LogP contribution in [0.1, 0.15) is 54.3 Å². The summed E-state index contributed by atoms with van der Waals surface area (Å²) < 4.78 is 0. The molecule has 3 amide bonds. The first-order valence-electron chi connectivity index (χ1n) is 8.21. The highest BCUT2D eigenvalue weighted by atomic mass is 16.4. The van der Waals surface area contributed by atoms with Gasteiger partial charge in [-0.2, -0.15) is 0 Å². The van der Waals surface area contributed by atoms with Gasteiger partial charge in [-0.25, -0.2) is 4.79 Å². The van der Waals surface area contributed by atoms with Gasteiger partial charge in [-0.3, -0.25) is 19.3 Å². The number of rotatable bonds is 7. The Hall–Kier alpha value is -2.70. The first-order chi connectivity index (χ1) is 11.7. The minimum absolute atomic E-state index is 0.107. The van der Waals surface area contributed by atoms with Crippen molar-refractivity contribution in [2.24, 2.45) is 5.92 Å². The van der Waals surface area contributed by atoms with Gasteiger partial charge in [0.15, 0.2) is 0 Å². The Kier molecular flexibility index (Phi) is 5.56. The third-order valence-electron chi connectivity index (χ3n) is 4.09. The fourth-order valence-electron chi connectivity index (χ4n) is 2.91. The lowest BCUT2D eigenvalue weighted by molar-refractivity contribution is -0.142. The van der Waals surface area contributed by atoms with Crippen LogP contribution in [0, 0.1) is 5.92 Å². The van der Waals surface area contributed by atoms with Gasteiger partial charge in [-0.15, -0.1) is 0 Å². The molecule has 7 nitrogen and oxygen atoms in total. The summed E-state index contributed by atoms with van der Waals surface area (Å²) >= 11 is 0. The Morgan fingerprint density at radius 3 is 2.04 bits per heavy atom. The number of nitrogens with zero attached hydrogens (tertiary/aromatic N) is 1. The molecule has 1 aliphatic heterocycles. The topological polar surface area (TPSA) is 104 Å². The number of benzene rings is 1. The van der Waals surface area contributed by atoms with E-state index in [0.29, 0.717) is 17.5 Å². The average Bonchev–Trinajstić information content (AvgIpc) is 2.78. The number of hydrogen-bond acceptors (Lipinski definition) is 4. The molecule has 0 radical (unpaired) electrons. The molecule has 1 aromatic carbocycles. The van der Waals surface area contributed by atoms with Crippen LogP contribution in [0.25, 0.3) is 0 Å². The van der Waals surface area contributed by atoms with E-state index in [1.165, 1.54) is 0 Å². The van der Waals surface area contributed by atoms with E-state index in [1.54, 1.807) is 31.2 Å². The Morgan fingerprint density at radius 1 is 1.08 bits per heavy atom. The van der Waals surface area contributed by atoms with Crippen molar-refractivity contribution in [3.8, 4) is 0 Å². The predicted molar refractivity (Wildman–Crippen MR) is 90.0 cm³/mol. The number of carbonyl (C=O) groups is 4. The lowest BCUT2D eigenvalue weighted by Crippen LogP contribution is -2.45. The van der Waals surface area contributed by atoms with E-state index in [4.69, 9.17) is 0 Å². The van der Waals surface area contributed by atoms with Gasteiger partial charge in [-0.1, -0.05) is 26.0 Å². The Balaban J connectivity index is 2.03. The zero-order chi connectivity index (χ0) is 18.7. The Morgan fingerprint density at radius 2 is 1.60 bits per heavy atom. The van der Waals surface area contributed by atoms with Crippen LogP contribution >= 0.6 is 0 Å². The number of fused-ring (bicyclic) bond motifs is 1. The van der Waals surface area contributed by atoms with Crippen molar-refractivity contribution in [3.63, 3.8) is 0 Å². The molecule has 7 heteroatoms. The average molecular weight is 346 g/mol. The SMILES string of the molecule is CC(C)CC(NC(=O)CC(C)N1C(=O)c2ccccc2C1=O)C(=O)O. The number of carboxylic acid groups (broad SMARTS) is 1. The summed E-state index contributed by atoms with van der Waals surface area (Å²) in [6, 6.07) is 4.85. The van der Waals surface area contributed by atoms with Crippen LogP contribution in [0.15, 0.2) is 24.3 Å². The number of aliphatic carboxylic acids is 1. The summed E-state index contributed by atoms with van der Waals surface area (Å²) in [4.78, 5) is 49.2. The van der Waals surface area contributed by atoms with Crippen LogP contribution < -0.4 is 5.32 Å². The first-order valence-corrected chi connectivity index (χ1v) is 8.21. The van der Waals surface area contributed by atoms with E-state index < -0.39 is 35.8 Å². The summed E-state index contributed by atoms with van der Waals surface area (Å²) in [5, 5.41) is 11.7. The number of hydrogen-bond donors (Lipinski definition) is 2. The van der Waals surface area contributed by atoms with Crippen LogP contribution in [-0.2, 0) is 9.59 Å². The standard InChI is InChI=1S/C18H22N2O5/c1-10(2)8-14(18(24)25)19-15(21)9-11(3)20-16(22)12-6-4-5-7-13(12)17(20)23/h4-7,10-11,14H,8-9H2,1-3H3,(H,19,21)(H,24,25). The molecule has 1 heterocycles. The van der Waals surface area contributed by atoms with Crippen molar-refractivity contribution in [1.29, 1.82) is 0 Å². The lowest BCUT2D eigenvalue weighted by atomic mass is 10.0. The number of imide groups is 1. The lowest BCUT2D eigenvalue weighted by Gasteiger charge is -2.23. The van der Waals surface area contributed by atoms with Gasteiger partial charge < -0.3 is 10.4 Å². The molecule has 0 fully saturated rings. The molecule has 2 atom stereocenters. The highest BCUT2D eigenvalue weighted by Gasteiger charge is 2.38. The zero-order valence-electron chi connectivity index (χ0n) is 14.5. The number of carboxylic acids is 1. The van der Waals surface area contributed by atoms with Crippen molar-refractivity contribution in [2.45, 2.75) is 45.7 Å². The van der Waals surface area contributed by atoms with Crippen molar-refractivity contribution < 1.29 is 24.3 Å². The van der Waals surface area contributed by atoms with E-state index in [0.717, 1.165) is 4.90 Å². The Labute approximate surface area is 146 Å². The van der Waals surface area contributed by atoms with E-state index >= 15 is 0 Å². The Bertz CT molecular complexity index is 678. The van der Waals surface area contributed by atoms with E-state index in [1.807, 2.05) is 13.8 Å². The highest BCUT2D eigenvalue weighted by Crippen LogP contribution is 2.25. The minimum Gasteiger partial charge on any atom is -0.480 e. The fourth-order valence-corrected chi connectivity index (χ4v) is 2.91. The maximum absolute atomic E-state index is 12.4. The van der Waals surface area contributed by atoms with Gasteiger partial charge in [-0.05, 0) is 31.4 Å². The summed E-state index contributed by atoms with van der Waals surface area (Å²) in [7, 11) is 0. The second kappa shape index (κ2) is 7.46. The van der Waals surface area contributed by atoms with Crippen LogP contribution in [0.3, 0.4) is 0 Å². The summed E-state index contributed by atoms with van der Waals surface area (Å²) in [5.41, 5.74) is 0.644. The molecule has 0 aliphatic carbocycles. The smallest absolute Gasteiger partial charge is 0.326 e. The molecular formula is C18H22N2O5. The molecule has 134 valence electrons. The molecule has 0 saturated heterocycles. The summed E-state index contributed by atoms with van der Waals surface area (Å²) in [5.74, 6) is -2.36. The van der Waals surface area contributed by atoms with E-state index in [-0.39, 0.29) is 12.3 Å². The second-order valence-electron chi connectivity index (χ2n) is 6.67. The largest absolute Gasteiger partial charge is 0.480 e. The van der Waals surface area contributed by atoms with Crippen molar-refractivity contribution >= 4 is 23.7 Å². The molecule has 2 N–H and O–H groups in total. The molecule has 0 spiro atoms. The molecule has 1 aliphatic rings. The molecular weight excluding hydrogens is 324 g/mol. The van der Waals surface area contributed by atoms with E-state index in [2.05, 4.69) is 5.32 Å². The van der Waals surface area contributed by atoms with Crippen molar-refractivity contribution in [3.05, 3.63) is 35.4 Å². The van der Waals surface area contributed by atoms with Crippen molar-refractivity contribution in [2.75, 3.05) is 0 Å². The van der Waals surface area contributed by atoms with Crippen LogP contribution in [0.5, 0.6) is 0 Å².